The summed E-state index contributed by atoms with van der Waals surface area (Å²) in [6.07, 6.45) is -9.18. The summed E-state index contributed by atoms with van der Waals surface area (Å²) in [7, 11) is 0. The lowest BCUT2D eigenvalue weighted by Crippen LogP contribution is -2.15. The predicted octanol–water partition coefficient (Wildman–Crippen LogP) is 5.38. The number of carbonyl (C=O) groups excluding carboxylic acids is 1. The average Bonchev–Trinajstić information content (AvgIpc) is 2.90. The highest BCUT2D eigenvalue weighted by Gasteiger charge is 2.32. The minimum Gasteiger partial charge on any atom is -0.320 e. The van der Waals surface area contributed by atoms with Gasteiger partial charge in [-0.1, -0.05) is 0 Å². The number of aromatic nitrogens is 1. The zero-order chi connectivity index (χ0) is 18.8. The molecule has 0 saturated carbocycles. The van der Waals surface area contributed by atoms with Gasteiger partial charge in [0.1, 0.15) is 4.88 Å². The van der Waals surface area contributed by atoms with Gasteiger partial charge in [-0.15, -0.1) is 23.1 Å². The first-order valence-corrected chi connectivity index (χ1v) is 8.46. The van der Waals surface area contributed by atoms with Crippen LogP contribution >= 0.6 is 23.1 Å². The van der Waals surface area contributed by atoms with Gasteiger partial charge in [-0.2, -0.15) is 26.3 Å². The Morgan fingerprint density at radius 2 is 1.92 bits per heavy atom. The molecule has 2 aromatic rings. The van der Waals surface area contributed by atoms with Crippen LogP contribution in [-0.2, 0) is 6.18 Å². The minimum absolute atomic E-state index is 0.110. The van der Waals surface area contributed by atoms with E-state index in [2.05, 4.69) is 10.3 Å². The number of thioether (sulfide) groups is 1. The number of halogens is 6. The summed E-state index contributed by atoms with van der Waals surface area (Å²) in [6.45, 7) is 1.54. The molecule has 1 amide bonds. The van der Waals surface area contributed by atoms with Crippen LogP contribution in [0.4, 0.5) is 32.0 Å². The second kappa shape index (κ2) is 7.24. The molecule has 1 aromatic carbocycles. The molecule has 0 aliphatic rings. The van der Waals surface area contributed by atoms with Gasteiger partial charge in [-0.05, 0) is 25.1 Å². The molecule has 0 fully saturated rings. The van der Waals surface area contributed by atoms with Crippen molar-refractivity contribution in [3.05, 3.63) is 39.8 Å². The van der Waals surface area contributed by atoms with Crippen LogP contribution in [0.5, 0.6) is 0 Å². The number of amides is 1. The zero-order valence-electron chi connectivity index (χ0n) is 12.5. The van der Waals surface area contributed by atoms with Crippen molar-refractivity contribution in [1.29, 1.82) is 0 Å². The Balaban J connectivity index is 2.33. The first kappa shape index (κ1) is 19.6. The lowest BCUT2D eigenvalue weighted by molar-refractivity contribution is -0.137. The molecule has 3 nitrogen and oxygen atoms in total. The Kier molecular flexibility index (Phi) is 5.67. The predicted molar refractivity (Wildman–Crippen MR) is 83.0 cm³/mol. The van der Waals surface area contributed by atoms with Crippen molar-refractivity contribution in [2.75, 3.05) is 11.1 Å². The van der Waals surface area contributed by atoms with Crippen molar-refractivity contribution in [1.82, 2.24) is 4.98 Å². The zero-order valence-corrected chi connectivity index (χ0v) is 14.1. The molecule has 0 aliphatic heterocycles. The summed E-state index contributed by atoms with van der Waals surface area (Å²) in [5.74, 6) is -2.02. The summed E-state index contributed by atoms with van der Waals surface area (Å²) in [5.41, 5.74) is 0.358. The van der Waals surface area contributed by atoms with Crippen molar-refractivity contribution in [2.45, 2.75) is 24.2 Å². The number of hydrogen-bond acceptors (Lipinski definition) is 4. The number of aryl methyl sites for hydroxylation is 1. The first-order chi connectivity index (χ1) is 11.5. The fraction of sp³-hybridized carbons (Fsp3) is 0.286. The van der Waals surface area contributed by atoms with Crippen molar-refractivity contribution in [3.63, 3.8) is 0 Å². The summed E-state index contributed by atoms with van der Waals surface area (Å²) in [4.78, 5) is 16.1. The van der Waals surface area contributed by atoms with Crippen LogP contribution < -0.4 is 5.32 Å². The molecule has 25 heavy (non-hydrogen) atoms. The van der Waals surface area contributed by atoms with Gasteiger partial charge < -0.3 is 5.32 Å². The fourth-order valence-electron chi connectivity index (χ4n) is 1.79. The van der Waals surface area contributed by atoms with Crippen molar-refractivity contribution >= 4 is 34.7 Å². The largest absolute Gasteiger partial charge is 0.416 e. The lowest BCUT2D eigenvalue weighted by Gasteiger charge is -2.15. The molecular weight excluding hydrogens is 390 g/mol. The monoisotopic (exact) mass is 400 g/mol. The molecule has 2 rings (SSSR count). The lowest BCUT2D eigenvalue weighted by atomic mass is 10.2. The van der Waals surface area contributed by atoms with Crippen LogP contribution in [0.15, 0.2) is 28.6 Å². The topological polar surface area (TPSA) is 42.0 Å². The van der Waals surface area contributed by atoms with Crippen LogP contribution in [0.3, 0.4) is 0 Å². The maximum atomic E-state index is 12.8. The number of nitrogens with one attached hydrogen (secondary N) is 1. The van der Waals surface area contributed by atoms with E-state index in [0.717, 1.165) is 17.4 Å². The molecule has 1 aromatic heterocycles. The van der Waals surface area contributed by atoms with E-state index in [-0.39, 0.29) is 15.5 Å². The van der Waals surface area contributed by atoms with Gasteiger partial charge in [0, 0.05) is 4.90 Å². The highest BCUT2D eigenvalue weighted by molar-refractivity contribution is 7.99. The molecule has 0 radical (unpaired) electrons. The number of hydrogen-bond donors (Lipinski definition) is 1. The van der Waals surface area contributed by atoms with Crippen LogP contribution in [0.2, 0.25) is 0 Å². The number of rotatable bonds is 4. The van der Waals surface area contributed by atoms with Gasteiger partial charge in [-0.25, -0.2) is 4.98 Å². The van der Waals surface area contributed by atoms with E-state index in [0.29, 0.717) is 29.6 Å². The van der Waals surface area contributed by atoms with E-state index in [1.54, 1.807) is 0 Å². The third-order valence-electron chi connectivity index (χ3n) is 2.90. The van der Waals surface area contributed by atoms with Crippen LogP contribution in [0.25, 0.3) is 0 Å². The molecule has 0 atom stereocenters. The first-order valence-electron chi connectivity index (χ1n) is 6.59. The Morgan fingerprint density at radius 3 is 2.44 bits per heavy atom. The smallest absolute Gasteiger partial charge is 0.320 e. The van der Waals surface area contributed by atoms with E-state index in [4.69, 9.17) is 0 Å². The molecular formula is C14H10F6N2OS2. The highest BCUT2D eigenvalue weighted by Crippen LogP contribution is 2.37. The maximum Gasteiger partial charge on any atom is 0.416 e. The van der Waals surface area contributed by atoms with Crippen LogP contribution in [-0.4, -0.2) is 22.8 Å². The third-order valence-corrected chi connectivity index (χ3v) is 4.96. The summed E-state index contributed by atoms with van der Waals surface area (Å²) >= 11 is 1.28. The molecule has 0 saturated heterocycles. The van der Waals surface area contributed by atoms with Crippen molar-refractivity contribution < 1.29 is 31.1 Å². The fourth-order valence-corrected chi connectivity index (χ4v) is 3.23. The third kappa shape index (κ3) is 5.36. The Morgan fingerprint density at radius 1 is 1.24 bits per heavy atom. The van der Waals surface area contributed by atoms with Crippen molar-refractivity contribution in [2.24, 2.45) is 0 Å². The van der Waals surface area contributed by atoms with E-state index in [9.17, 15) is 31.1 Å². The normalized spacial score (nSPS) is 12.3. The van der Waals surface area contributed by atoms with Gasteiger partial charge in [0.2, 0.25) is 0 Å². The SMILES string of the molecule is Cc1ncsc1C(=O)Nc1cc(C(F)(F)F)ccc1SCC(F)(F)F. The van der Waals surface area contributed by atoms with Gasteiger partial charge >= 0.3 is 12.4 Å². The summed E-state index contributed by atoms with van der Waals surface area (Å²) < 4.78 is 75.7. The Hall–Kier alpha value is -1.75. The van der Waals surface area contributed by atoms with Gasteiger partial charge in [0.05, 0.1) is 28.2 Å². The summed E-state index contributed by atoms with van der Waals surface area (Å²) in [6, 6.07) is 2.20. The van der Waals surface area contributed by atoms with Gasteiger partial charge in [0.25, 0.3) is 5.91 Å². The molecule has 136 valence electrons. The maximum absolute atomic E-state index is 12.8. The number of benzene rings is 1. The number of anilines is 1. The average molecular weight is 400 g/mol. The van der Waals surface area contributed by atoms with E-state index >= 15 is 0 Å². The second-order valence-corrected chi connectivity index (χ2v) is 6.71. The standard InChI is InChI=1S/C14H10F6N2OS2/c1-7-11(25-6-21-7)12(23)22-9-4-8(14(18,19)20)2-3-10(9)24-5-13(15,16)17/h2-4,6H,5H2,1H3,(H,22,23). The number of alkyl halides is 6. The highest BCUT2D eigenvalue weighted by atomic mass is 32.2. The number of thiazole rings is 1. The van der Waals surface area contributed by atoms with E-state index in [1.807, 2.05) is 0 Å². The molecule has 1 heterocycles. The molecule has 1 N–H and O–H groups in total. The Bertz CT molecular complexity index is 769. The quantitative estimate of drug-likeness (QED) is 0.554. The van der Waals surface area contributed by atoms with Crippen LogP contribution in [0.1, 0.15) is 20.9 Å². The second-order valence-electron chi connectivity index (χ2n) is 4.83. The van der Waals surface area contributed by atoms with Crippen LogP contribution in [0, 0.1) is 6.92 Å². The van der Waals surface area contributed by atoms with Crippen molar-refractivity contribution in [3.8, 4) is 0 Å². The molecule has 0 spiro atoms. The van der Waals surface area contributed by atoms with Gasteiger partial charge in [0.15, 0.2) is 0 Å². The molecule has 11 heteroatoms. The summed E-state index contributed by atoms with van der Waals surface area (Å²) in [5, 5.41) is 2.25. The Labute approximate surface area is 146 Å². The molecule has 0 bridgehead atoms. The van der Waals surface area contributed by atoms with Gasteiger partial charge in [-0.3, -0.25) is 4.79 Å². The van der Waals surface area contributed by atoms with E-state index < -0.39 is 29.6 Å². The number of nitrogens with zero attached hydrogens (tertiary/aromatic N) is 1. The van der Waals surface area contributed by atoms with E-state index in [1.165, 1.54) is 12.4 Å². The molecule has 0 unspecified atom stereocenters. The molecule has 0 aliphatic carbocycles. The number of carbonyl (C=O) groups is 1. The minimum atomic E-state index is -4.69.